The number of nitrogens with zero attached hydrogens (tertiary/aromatic N) is 4. The van der Waals surface area contributed by atoms with Crippen LogP contribution in [0, 0.1) is 11.7 Å². The zero-order valence-corrected chi connectivity index (χ0v) is 26.9. The first-order valence-corrected chi connectivity index (χ1v) is 16.3. The van der Waals surface area contributed by atoms with Crippen LogP contribution < -0.4 is 4.74 Å². The van der Waals surface area contributed by atoms with Crippen molar-refractivity contribution in [2.75, 3.05) is 7.11 Å². The summed E-state index contributed by atoms with van der Waals surface area (Å²) in [6.45, 7) is 0. The third-order valence-corrected chi connectivity index (χ3v) is 9.45. The fourth-order valence-corrected chi connectivity index (χ4v) is 7.09. The molecule has 1 aliphatic carbocycles. The molecular formula is C43H33FN4O. The van der Waals surface area contributed by atoms with E-state index >= 15 is 0 Å². The van der Waals surface area contributed by atoms with Crippen LogP contribution in [0.2, 0.25) is 0 Å². The second-order valence-corrected chi connectivity index (χ2v) is 12.2. The molecule has 8 rings (SSSR count). The van der Waals surface area contributed by atoms with Gasteiger partial charge in [-0.05, 0) is 83.8 Å². The monoisotopic (exact) mass is 640 g/mol. The van der Waals surface area contributed by atoms with Gasteiger partial charge in [-0.2, -0.15) is 5.10 Å². The maximum atomic E-state index is 14.3. The highest BCUT2D eigenvalue weighted by molar-refractivity contribution is 5.96. The molecule has 5 aromatic carbocycles. The smallest absolute Gasteiger partial charge is 0.123 e. The quantitative estimate of drug-likeness (QED) is 0.166. The molecule has 0 spiro atoms. The Bertz CT molecular complexity index is 2250. The molecule has 0 fully saturated rings. The average molecular weight is 641 g/mol. The number of fused-ring (bicyclic) bond motifs is 1. The first kappa shape index (κ1) is 30.2. The van der Waals surface area contributed by atoms with Gasteiger partial charge < -0.3 is 4.74 Å². The summed E-state index contributed by atoms with van der Waals surface area (Å²) in [4.78, 5) is 9.31. The summed E-state index contributed by atoms with van der Waals surface area (Å²) in [6, 6.07) is 41.9. The minimum Gasteiger partial charge on any atom is -0.497 e. The van der Waals surface area contributed by atoms with Crippen molar-refractivity contribution in [2.45, 2.75) is 12.0 Å². The summed E-state index contributed by atoms with van der Waals surface area (Å²) in [6.07, 6.45) is 13.3. The minimum absolute atomic E-state index is 0.0581. The van der Waals surface area contributed by atoms with Crippen LogP contribution in [0.1, 0.15) is 17.5 Å². The normalized spacial score (nSPS) is 14.3. The third-order valence-electron chi connectivity index (χ3n) is 9.45. The Balaban J connectivity index is 1.40. The first-order valence-electron chi connectivity index (χ1n) is 16.3. The highest BCUT2D eigenvalue weighted by Gasteiger charge is 2.44. The molecule has 2 aromatic heterocycles. The number of hydrogen-bond acceptors (Lipinski definition) is 4. The fraction of sp³-hybridized carbons (Fsp3) is 0.0930. The molecule has 1 aliphatic rings. The lowest BCUT2D eigenvalue weighted by Crippen LogP contribution is -2.43. The lowest BCUT2D eigenvalue weighted by Gasteiger charge is -2.41. The van der Waals surface area contributed by atoms with Crippen LogP contribution in [0.15, 0.2) is 164 Å². The van der Waals surface area contributed by atoms with Crippen molar-refractivity contribution in [3.63, 3.8) is 0 Å². The molecule has 0 aliphatic heterocycles. The van der Waals surface area contributed by atoms with E-state index in [2.05, 4.69) is 101 Å². The van der Waals surface area contributed by atoms with Crippen LogP contribution in [0.25, 0.3) is 44.5 Å². The molecule has 6 heteroatoms. The predicted molar refractivity (Wildman–Crippen MR) is 194 cm³/mol. The molecule has 5 nitrogen and oxygen atoms in total. The predicted octanol–water partition coefficient (Wildman–Crippen LogP) is 9.90. The van der Waals surface area contributed by atoms with Gasteiger partial charge >= 0.3 is 0 Å². The van der Waals surface area contributed by atoms with E-state index < -0.39 is 5.54 Å². The number of aromatic nitrogens is 4. The van der Waals surface area contributed by atoms with Crippen LogP contribution in [-0.2, 0) is 5.54 Å². The summed E-state index contributed by atoms with van der Waals surface area (Å²) in [7, 11) is 1.66. The van der Waals surface area contributed by atoms with Gasteiger partial charge in [0, 0.05) is 34.2 Å². The second kappa shape index (κ2) is 12.8. The van der Waals surface area contributed by atoms with E-state index in [0.717, 1.165) is 67.8 Å². The largest absolute Gasteiger partial charge is 0.497 e. The van der Waals surface area contributed by atoms with Gasteiger partial charge in [-0.25, -0.2) is 14.4 Å². The van der Waals surface area contributed by atoms with Gasteiger partial charge in [0.2, 0.25) is 0 Å². The molecule has 0 saturated carbocycles. The maximum Gasteiger partial charge on any atom is 0.123 e. The Kier molecular flexibility index (Phi) is 7.90. The Morgan fingerprint density at radius 1 is 0.714 bits per heavy atom. The van der Waals surface area contributed by atoms with Crippen molar-refractivity contribution in [1.82, 2.24) is 19.7 Å². The molecule has 238 valence electrons. The molecule has 7 aromatic rings. The average Bonchev–Trinajstić information content (AvgIpc) is 3.62. The summed E-state index contributed by atoms with van der Waals surface area (Å²) in [5.41, 5.74) is 7.64. The van der Waals surface area contributed by atoms with Crippen LogP contribution in [-0.4, -0.2) is 26.9 Å². The second-order valence-electron chi connectivity index (χ2n) is 12.2. The van der Waals surface area contributed by atoms with E-state index in [1.807, 2.05) is 42.5 Å². The Morgan fingerprint density at radius 3 is 2.02 bits per heavy atom. The van der Waals surface area contributed by atoms with Crippen molar-refractivity contribution >= 4 is 10.9 Å². The van der Waals surface area contributed by atoms with Crippen LogP contribution in [0.5, 0.6) is 5.75 Å². The SMILES string of the molecule is COc1ccc(-c2ncnc3ccc(-c4cn(C(c5ccccc5)(c5ccccc5)C5C=CC=CC5)nc4-c4ccc(F)cc4)cc23)cc1. The van der Waals surface area contributed by atoms with Gasteiger partial charge in [0.1, 0.15) is 29.1 Å². The van der Waals surface area contributed by atoms with E-state index in [1.165, 1.54) is 12.1 Å². The van der Waals surface area contributed by atoms with Gasteiger partial charge in [0.15, 0.2) is 0 Å². The van der Waals surface area contributed by atoms with Crippen molar-refractivity contribution in [1.29, 1.82) is 0 Å². The summed E-state index contributed by atoms with van der Waals surface area (Å²) >= 11 is 0. The molecule has 0 bridgehead atoms. The van der Waals surface area contributed by atoms with E-state index in [4.69, 9.17) is 14.8 Å². The standard InChI is InChI=1S/C43H33FN4O/c1-49-37-24-19-30(20-25-37)41-38-27-32(21-26-40(38)45-29-46-41)39-28-48(47-42(39)31-17-22-36(44)23-18-31)43(33-11-5-2-6-12-33,34-13-7-3-8-14-34)35-15-9-4-10-16-35/h2-15,17-29,35H,16H2,1H3. The molecule has 49 heavy (non-hydrogen) atoms. The van der Waals surface area contributed by atoms with Crippen LogP contribution in [0.4, 0.5) is 4.39 Å². The molecule has 1 unspecified atom stereocenters. The topological polar surface area (TPSA) is 52.8 Å². The molecule has 0 saturated heterocycles. The number of benzene rings is 5. The summed E-state index contributed by atoms with van der Waals surface area (Å²) in [5.74, 6) is 0.546. The van der Waals surface area contributed by atoms with E-state index in [-0.39, 0.29) is 11.7 Å². The van der Waals surface area contributed by atoms with E-state index in [1.54, 1.807) is 25.6 Å². The van der Waals surface area contributed by atoms with Gasteiger partial charge in [0.25, 0.3) is 0 Å². The summed E-state index contributed by atoms with van der Waals surface area (Å²) in [5, 5.41) is 6.38. The number of rotatable bonds is 8. The zero-order valence-electron chi connectivity index (χ0n) is 26.9. The van der Waals surface area contributed by atoms with E-state index in [9.17, 15) is 4.39 Å². The zero-order chi connectivity index (χ0) is 33.2. The maximum absolute atomic E-state index is 14.3. The van der Waals surface area contributed by atoms with Crippen molar-refractivity contribution in [3.8, 4) is 39.4 Å². The number of halogens is 1. The highest BCUT2D eigenvalue weighted by Crippen LogP contribution is 2.46. The summed E-state index contributed by atoms with van der Waals surface area (Å²) < 4.78 is 21.8. The van der Waals surface area contributed by atoms with Gasteiger partial charge in [-0.3, -0.25) is 4.68 Å². The number of methoxy groups -OCH3 is 1. The molecule has 1 atom stereocenters. The van der Waals surface area contributed by atoms with Crippen molar-refractivity contribution in [3.05, 3.63) is 181 Å². The minimum atomic E-state index is -0.689. The lowest BCUT2D eigenvalue weighted by atomic mass is 9.70. The molecule has 0 radical (unpaired) electrons. The number of ether oxygens (including phenoxy) is 1. The van der Waals surface area contributed by atoms with Crippen molar-refractivity contribution in [2.24, 2.45) is 5.92 Å². The fourth-order valence-electron chi connectivity index (χ4n) is 7.09. The Labute approximate surface area is 284 Å². The Hall–Kier alpha value is -6.14. The lowest BCUT2D eigenvalue weighted by molar-refractivity contribution is 0.293. The first-order chi connectivity index (χ1) is 24.1. The van der Waals surface area contributed by atoms with Crippen LogP contribution >= 0.6 is 0 Å². The van der Waals surface area contributed by atoms with Gasteiger partial charge in [-0.15, -0.1) is 0 Å². The molecule has 0 amide bonds. The van der Waals surface area contributed by atoms with Crippen molar-refractivity contribution < 1.29 is 9.13 Å². The molecule has 2 heterocycles. The number of hydrogen-bond donors (Lipinski definition) is 0. The van der Waals surface area contributed by atoms with Gasteiger partial charge in [-0.1, -0.05) is 91.0 Å². The molecular weight excluding hydrogens is 607 g/mol. The van der Waals surface area contributed by atoms with E-state index in [0.29, 0.717) is 0 Å². The van der Waals surface area contributed by atoms with Gasteiger partial charge in [0.05, 0.1) is 18.3 Å². The van der Waals surface area contributed by atoms with Crippen LogP contribution in [0.3, 0.4) is 0 Å². The molecule has 0 N–H and O–H groups in total. The Morgan fingerprint density at radius 2 is 1.37 bits per heavy atom. The third kappa shape index (κ3) is 5.41. The number of allylic oxidation sites excluding steroid dienone is 4. The highest BCUT2D eigenvalue weighted by atomic mass is 19.1.